The van der Waals surface area contributed by atoms with Crippen LogP contribution in [0.25, 0.3) is 0 Å². The van der Waals surface area contributed by atoms with Crippen LogP contribution in [0.5, 0.6) is 0 Å². The van der Waals surface area contributed by atoms with Crippen LogP contribution >= 0.6 is 15.9 Å². The van der Waals surface area contributed by atoms with Gasteiger partial charge in [0.2, 0.25) is 0 Å². The molecule has 0 heterocycles. The first-order valence-electron chi connectivity index (χ1n) is 6.38. The lowest BCUT2D eigenvalue weighted by Crippen LogP contribution is -2.25. The zero-order chi connectivity index (χ0) is 15.4. The number of hydrogen-bond acceptors (Lipinski definition) is 3. The fourth-order valence-electron chi connectivity index (χ4n) is 2.16. The Morgan fingerprint density at radius 1 is 1.19 bits per heavy atom. The average molecular weight is 353 g/mol. The maximum absolute atomic E-state index is 12.8. The first kappa shape index (κ1) is 15.6. The highest BCUT2D eigenvalue weighted by Crippen LogP contribution is 2.24. The van der Waals surface area contributed by atoms with E-state index in [1.54, 1.807) is 24.3 Å². The van der Waals surface area contributed by atoms with Gasteiger partial charge in [-0.1, -0.05) is 34.1 Å². The van der Waals surface area contributed by atoms with Crippen LogP contribution in [0.15, 0.2) is 46.9 Å². The Balaban J connectivity index is 2.10. The first-order valence-corrected chi connectivity index (χ1v) is 7.18. The summed E-state index contributed by atoms with van der Waals surface area (Å²) in [5.41, 5.74) is 7.61. The predicted octanol–water partition coefficient (Wildman–Crippen LogP) is 3.61. The minimum absolute atomic E-state index is 0.0546. The molecule has 0 fully saturated rings. The second-order valence-electron chi connectivity index (χ2n) is 4.82. The number of benzene rings is 2. The third-order valence-corrected chi connectivity index (χ3v) is 3.63. The molecule has 0 saturated heterocycles. The second kappa shape index (κ2) is 6.78. The van der Waals surface area contributed by atoms with E-state index in [2.05, 4.69) is 15.9 Å². The Hall–Kier alpha value is -1.79. The Morgan fingerprint density at radius 2 is 1.86 bits per heavy atom. The van der Waals surface area contributed by atoms with Crippen molar-refractivity contribution >= 4 is 21.6 Å². The van der Waals surface area contributed by atoms with Crippen LogP contribution in [0.1, 0.15) is 11.1 Å². The summed E-state index contributed by atoms with van der Waals surface area (Å²) >= 11 is 3.22. The largest absolute Gasteiger partial charge is 0.327 e. The van der Waals surface area contributed by atoms with Crippen molar-refractivity contribution in [1.82, 2.24) is 0 Å². The lowest BCUT2D eigenvalue weighted by atomic mass is 9.99. The number of rotatable bonds is 5. The van der Waals surface area contributed by atoms with Crippen LogP contribution in [0, 0.1) is 15.9 Å². The third kappa shape index (κ3) is 4.34. The molecule has 0 bridgehead atoms. The Morgan fingerprint density at radius 3 is 2.48 bits per heavy atom. The maximum Gasteiger partial charge on any atom is 0.273 e. The van der Waals surface area contributed by atoms with E-state index < -0.39 is 4.92 Å². The number of nitrogens with zero attached hydrogens (tertiary/aromatic N) is 1. The molecule has 0 aliphatic heterocycles. The quantitative estimate of drug-likeness (QED) is 0.660. The standard InChI is InChI=1S/C15H14BrFN2O2/c16-12-4-3-11(15(9-12)19(20)21)8-14(18)7-10-1-5-13(17)6-2-10/h1-6,9,14H,7-8,18H2. The van der Waals surface area contributed by atoms with E-state index >= 15 is 0 Å². The minimum atomic E-state index is -0.412. The second-order valence-corrected chi connectivity index (χ2v) is 5.74. The Bertz CT molecular complexity index is 647. The molecule has 0 aliphatic rings. The smallest absolute Gasteiger partial charge is 0.273 e. The molecule has 0 spiro atoms. The van der Waals surface area contributed by atoms with E-state index in [-0.39, 0.29) is 17.5 Å². The van der Waals surface area contributed by atoms with Gasteiger partial charge in [0, 0.05) is 22.1 Å². The highest BCUT2D eigenvalue weighted by Gasteiger charge is 2.17. The van der Waals surface area contributed by atoms with E-state index in [1.165, 1.54) is 18.2 Å². The molecule has 0 amide bonds. The van der Waals surface area contributed by atoms with Crippen molar-refractivity contribution in [2.45, 2.75) is 18.9 Å². The van der Waals surface area contributed by atoms with Crippen molar-refractivity contribution in [2.24, 2.45) is 5.73 Å². The van der Waals surface area contributed by atoms with Gasteiger partial charge < -0.3 is 5.73 Å². The molecular formula is C15H14BrFN2O2. The fourth-order valence-corrected chi connectivity index (χ4v) is 2.51. The molecule has 1 unspecified atom stereocenters. The van der Waals surface area contributed by atoms with E-state index in [9.17, 15) is 14.5 Å². The summed E-state index contributed by atoms with van der Waals surface area (Å²) in [5.74, 6) is -0.295. The normalized spacial score (nSPS) is 12.1. The molecule has 0 saturated carbocycles. The van der Waals surface area contributed by atoms with Crippen molar-refractivity contribution in [3.05, 3.63) is 74.0 Å². The highest BCUT2D eigenvalue weighted by molar-refractivity contribution is 9.10. The topological polar surface area (TPSA) is 69.2 Å². The summed E-state index contributed by atoms with van der Waals surface area (Å²) in [6.45, 7) is 0. The zero-order valence-electron chi connectivity index (χ0n) is 11.1. The number of nitro benzene ring substituents is 1. The summed E-state index contributed by atoms with van der Waals surface area (Å²) in [6, 6.07) is 10.8. The molecule has 2 aromatic carbocycles. The summed E-state index contributed by atoms with van der Waals surface area (Å²) in [6.07, 6.45) is 0.925. The minimum Gasteiger partial charge on any atom is -0.327 e. The molecule has 2 aromatic rings. The number of halogens is 2. The molecule has 6 heteroatoms. The lowest BCUT2D eigenvalue weighted by molar-refractivity contribution is -0.385. The van der Waals surface area contributed by atoms with Crippen molar-refractivity contribution in [2.75, 3.05) is 0 Å². The van der Waals surface area contributed by atoms with Gasteiger partial charge >= 0.3 is 0 Å². The Kier molecular flexibility index (Phi) is 5.03. The van der Waals surface area contributed by atoms with Crippen molar-refractivity contribution in [3.63, 3.8) is 0 Å². The van der Waals surface area contributed by atoms with Gasteiger partial charge in [-0.2, -0.15) is 0 Å². The average Bonchev–Trinajstić information content (AvgIpc) is 2.43. The van der Waals surface area contributed by atoms with Crippen molar-refractivity contribution < 1.29 is 9.31 Å². The number of nitrogens with two attached hydrogens (primary N) is 1. The van der Waals surface area contributed by atoms with Gasteiger partial charge in [0.25, 0.3) is 5.69 Å². The fraction of sp³-hybridized carbons (Fsp3) is 0.200. The van der Waals surface area contributed by atoms with Gasteiger partial charge in [-0.05, 0) is 36.6 Å². The molecule has 0 aromatic heterocycles. The maximum atomic E-state index is 12.8. The van der Waals surface area contributed by atoms with Crippen LogP contribution < -0.4 is 5.73 Å². The van der Waals surface area contributed by atoms with E-state index in [0.29, 0.717) is 22.9 Å². The molecule has 110 valence electrons. The van der Waals surface area contributed by atoms with Crippen LogP contribution in [0.4, 0.5) is 10.1 Å². The van der Waals surface area contributed by atoms with Gasteiger partial charge in [0.15, 0.2) is 0 Å². The molecule has 4 nitrogen and oxygen atoms in total. The summed E-state index contributed by atoms with van der Waals surface area (Å²) in [7, 11) is 0. The third-order valence-electron chi connectivity index (χ3n) is 3.14. The van der Waals surface area contributed by atoms with Gasteiger partial charge in [0.1, 0.15) is 5.82 Å². The highest BCUT2D eigenvalue weighted by atomic mass is 79.9. The number of nitro groups is 1. The SMILES string of the molecule is NC(Cc1ccc(F)cc1)Cc1ccc(Br)cc1[N+](=O)[O-]. The van der Waals surface area contributed by atoms with Gasteiger partial charge in [0.05, 0.1) is 4.92 Å². The van der Waals surface area contributed by atoms with Gasteiger partial charge in [-0.3, -0.25) is 10.1 Å². The molecular weight excluding hydrogens is 339 g/mol. The molecule has 0 aliphatic carbocycles. The first-order chi connectivity index (χ1) is 9.95. The lowest BCUT2D eigenvalue weighted by Gasteiger charge is -2.12. The van der Waals surface area contributed by atoms with Crippen LogP contribution in [-0.2, 0) is 12.8 Å². The molecule has 2 rings (SSSR count). The van der Waals surface area contributed by atoms with Gasteiger partial charge in [-0.15, -0.1) is 0 Å². The summed E-state index contributed by atoms with van der Waals surface area (Å²) < 4.78 is 13.5. The monoisotopic (exact) mass is 352 g/mol. The molecule has 2 N–H and O–H groups in total. The molecule has 1 atom stereocenters. The van der Waals surface area contributed by atoms with Crippen molar-refractivity contribution in [3.8, 4) is 0 Å². The van der Waals surface area contributed by atoms with Gasteiger partial charge in [-0.25, -0.2) is 4.39 Å². The van der Waals surface area contributed by atoms with Crippen molar-refractivity contribution in [1.29, 1.82) is 0 Å². The van der Waals surface area contributed by atoms with Crippen LogP contribution in [-0.4, -0.2) is 11.0 Å². The predicted molar refractivity (Wildman–Crippen MR) is 82.6 cm³/mol. The summed E-state index contributed by atoms with van der Waals surface area (Å²) in [4.78, 5) is 10.6. The van der Waals surface area contributed by atoms with E-state index in [0.717, 1.165) is 5.56 Å². The van der Waals surface area contributed by atoms with Crippen LogP contribution in [0.3, 0.4) is 0 Å². The zero-order valence-corrected chi connectivity index (χ0v) is 12.7. The molecule has 0 radical (unpaired) electrons. The van der Waals surface area contributed by atoms with E-state index in [4.69, 9.17) is 5.73 Å². The summed E-state index contributed by atoms with van der Waals surface area (Å²) in [5, 5.41) is 11.1. The Labute approximate surface area is 130 Å². The van der Waals surface area contributed by atoms with Crippen LogP contribution in [0.2, 0.25) is 0 Å². The number of hydrogen-bond donors (Lipinski definition) is 1. The van der Waals surface area contributed by atoms with E-state index in [1.807, 2.05) is 0 Å². The molecule has 21 heavy (non-hydrogen) atoms.